The molecule has 2 N–H and O–H groups in total. The Bertz CT molecular complexity index is 566. The summed E-state index contributed by atoms with van der Waals surface area (Å²) in [5.41, 5.74) is 0. The highest BCUT2D eigenvalue weighted by molar-refractivity contribution is 7.82. The molecule has 0 bridgehead atoms. The normalized spacial score (nSPS) is 16.6. The number of hydrogen-bond donors (Lipinski definition) is 2. The molecular weight excluding hydrogens is 360 g/mol. The van der Waals surface area contributed by atoms with Gasteiger partial charge >= 0.3 is 31.2 Å². The fourth-order valence-electron chi connectivity index (χ4n) is 0.863. The third-order valence-electron chi connectivity index (χ3n) is 1.47. The van der Waals surface area contributed by atoms with Gasteiger partial charge in [-0.05, 0) is 13.8 Å². The first-order chi connectivity index (χ1) is 9.20. The van der Waals surface area contributed by atoms with E-state index in [1.807, 2.05) is 0 Å². The van der Waals surface area contributed by atoms with Gasteiger partial charge in [0.1, 0.15) is 12.2 Å². The highest BCUT2D eigenvalue weighted by atomic mass is 32.3. The predicted octanol–water partition coefficient (Wildman–Crippen LogP) is -1.32. The van der Waals surface area contributed by atoms with E-state index in [0.717, 1.165) is 13.8 Å². The molecule has 0 amide bonds. The van der Waals surface area contributed by atoms with E-state index in [4.69, 9.17) is 9.11 Å². The van der Waals surface area contributed by atoms with Crippen molar-refractivity contribution in [2.45, 2.75) is 26.1 Å². The summed E-state index contributed by atoms with van der Waals surface area (Å²) in [7, 11) is -14.1. The molecule has 21 heavy (non-hydrogen) atoms. The van der Waals surface area contributed by atoms with Gasteiger partial charge in [-0.1, -0.05) is 0 Å². The van der Waals surface area contributed by atoms with Crippen LogP contribution in [0.1, 0.15) is 13.8 Å². The molecule has 2 atom stereocenters. The van der Waals surface area contributed by atoms with Gasteiger partial charge in [-0.25, -0.2) is 16.7 Å². The molecule has 0 rings (SSSR count). The minimum absolute atomic E-state index is 0.796. The van der Waals surface area contributed by atoms with E-state index in [2.05, 4.69) is 16.7 Å². The molecule has 0 aliphatic heterocycles. The lowest BCUT2D eigenvalue weighted by atomic mass is 10.5. The van der Waals surface area contributed by atoms with Crippen LogP contribution in [0.2, 0.25) is 0 Å². The summed E-state index contributed by atoms with van der Waals surface area (Å²) < 4.78 is 96.6. The summed E-state index contributed by atoms with van der Waals surface area (Å²) in [4.78, 5) is 0. The second-order valence-corrected chi connectivity index (χ2v) is 7.03. The summed E-state index contributed by atoms with van der Waals surface area (Å²) in [5, 5.41) is 0. The predicted molar refractivity (Wildman–Crippen MR) is 65.0 cm³/mol. The first-order valence-corrected chi connectivity index (χ1v) is 9.12. The molecule has 0 aromatic heterocycles. The molecule has 0 aliphatic carbocycles. The van der Waals surface area contributed by atoms with Crippen LogP contribution in [-0.4, -0.2) is 59.8 Å². The van der Waals surface area contributed by atoms with Crippen LogP contribution in [0.3, 0.4) is 0 Å². The Balaban J connectivity index is 4.27. The molecule has 0 fully saturated rings. The zero-order valence-corrected chi connectivity index (χ0v) is 13.2. The van der Waals surface area contributed by atoms with Crippen molar-refractivity contribution in [1.29, 1.82) is 0 Å². The van der Waals surface area contributed by atoms with E-state index in [-0.39, 0.29) is 0 Å². The molecule has 0 heterocycles. The standard InChI is InChI=1S/C6H14O12S3/c1-5(17-19(7,8)9)3-15-21(13,14)16-4-6(2)18-20(10,11)12/h5-6H,3-4H2,1-2H3,(H,7,8,9)(H,10,11,12). The Morgan fingerprint density at radius 1 is 0.762 bits per heavy atom. The Labute approximate surface area is 122 Å². The summed E-state index contributed by atoms with van der Waals surface area (Å²) >= 11 is 0. The van der Waals surface area contributed by atoms with Gasteiger partial charge in [0.25, 0.3) is 0 Å². The van der Waals surface area contributed by atoms with Crippen molar-refractivity contribution in [2.75, 3.05) is 13.2 Å². The summed E-state index contributed by atoms with van der Waals surface area (Å²) in [6.07, 6.45) is -2.66. The van der Waals surface area contributed by atoms with Gasteiger partial charge in [0.2, 0.25) is 0 Å². The molecule has 15 heteroatoms. The largest absolute Gasteiger partial charge is 0.400 e. The lowest BCUT2D eigenvalue weighted by Gasteiger charge is -2.12. The molecule has 0 saturated heterocycles. The summed E-state index contributed by atoms with van der Waals surface area (Å²) in [6, 6.07) is 0. The minimum Gasteiger partial charge on any atom is -0.264 e. The molecule has 0 radical (unpaired) electrons. The fourth-order valence-corrected chi connectivity index (χ4v) is 2.59. The first-order valence-electron chi connectivity index (χ1n) is 5.05. The van der Waals surface area contributed by atoms with E-state index < -0.39 is 56.6 Å². The number of hydrogen-bond acceptors (Lipinski definition) is 10. The van der Waals surface area contributed by atoms with Gasteiger partial charge < -0.3 is 0 Å². The van der Waals surface area contributed by atoms with E-state index in [0.29, 0.717) is 0 Å². The summed E-state index contributed by atoms with van der Waals surface area (Å²) in [5.74, 6) is 0. The minimum atomic E-state index is -4.77. The maximum atomic E-state index is 11.2. The van der Waals surface area contributed by atoms with Crippen LogP contribution in [0.4, 0.5) is 0 Å². The van der Waals surface area contributed by atoms with Crippen molar-refractivity contribution in [1.82, 2.24) is 0 Å². The van der Waals surface area contributed by atoms with Crippen LogP contribution >= 0.6 is 0 Å². The molecule has 12 nitrogen and oxygen atoms in total. The Morgan fingerprint density at radius 3 is 1.29 bits per heavy atom. The smallest absolute Gasteiger partial charge is 0.264 e. The van der Waals surface area contributed by atoms with E-state index in [1.165, 1.54) is 0 Å². The van der Waals surface area contributed by atoms with Gasteiger partial charge in [-0.3, -0.25) is 9.11 Å². The molecule has 0 saturated carbocycles. The second kappa shape index (κ2) is 7.75. The molecule has 0 aliphatic rings. The highest BCUT2D eigenvalue weighted by Gasteiger charge is 2.21. The Kier molecular flexibility index (Phi) is 7.60. The quantitative estimate of drug-likeness (QED) is 0.431. The monoisotopic (exact) mass is 374 g/mol. The summed E-state index contributed by atoms with van der Waals surface area (Å²) in [6.45, 7) is 0.589. The van der Waals surface area contributed by atoms with Crippen LogP contribution in [0.5, 0.6) is 0 Å². The average molecular weight is 374 g/mol. The fraction of sp³-hybridized carbons (Fsp3) is 1.00. The Morgan fingerprint density at radius 2 is 1.05 bits per heavy atom. The maximum absolute atomic E-state index is 11.2. The van der Waals surface area contributed by atoms with Gasteiger partial charge in [0, 0.05) is 0 Å². The van der Waals surface area contributed by atoms with Crippen molar-refractivity contribution in [2.24, 2.45) is 0 Å². The van der Waals surface area contributed by atoms with Crippen molar-refractivity contribution in [3.05, 3.63) is 0 Å². The van der Waals surface area contributed by atoms with Crippen LogP contribution in [0, 0.1) is 0 Å². The molecule has 0 aromatic rings. The lowest BCUT2D eigenvalue weighted by Crippen LogP contribution is -2.26. The van der Waals surface area contributed by atoms with Crippen molar-refractivity contribution in [3.8, 4) is 0 Å². The van der Waals surface area contributed by atoms with Gasteiger partial charge in [-0.15, -0.1) is 0 Å². The van der Waals surface area contributed by atoms with Crippen LogP contribution in [0.25, 0.3) is 0 Å². The van der Waals surface area contributed by atoms with Crippen molar-refractivity contribution in [3.63, 3.8) is 0 Å². The van der Waals surface area contributed by atoms with Crippen LogP contribution in [-0.2, 0) is 47.9 Å². The molecule has 0 aromatic carbocycles. The van der Waals surface area contributed by atoms with Gasteiger partial charge in [0.05, 0.1) is 13.2 Å². The SMILES string of the molecule is CC(COS(=O)(=O)OCC(C)OS(=O)(=O)O)OS(=O)(=O)O. The topological polar surface area (TPSA) is 180 Å². The van der Waals surface area contributed by atoms with E-state index in [9.17, 15) is 25.3 Å². The second-order valence-electron chi connectivity index (χ2n) is 3.65. The molecule has 0 spiro atoms. The molecule has 2 unspecified atom stereocenters. The zero-order chi connectivity index (χ0) is 16.9. The van der Waals surface area contributed by atoms with E-state index >= 15 is 0 Å². The third kappa shape index (κ3) is 13.0. The van der Waals surface area contributed by atoms with Crippen molar-refractivity contribution < 1.29 is 51.1 Å². The molecule has 128 valence electrons. The average Bonchev–Trinajstić information content (AvgIpc) is 2.19. The number of rotatable bonds is 10. The Hall–Kier alpha value is -0.390. The van der Waals surface area contributed by atoms with Gasteiger partial charge in [0.15, 0.2) is 0 Å². The zero-order valence-electron chi connectivity index (χ0n) is 10.8. The van der Waals surface area contributed by atoms with Crippen molar-refractivity contribution >= 4 is 31.2 Å². The maximum Gasteiger partial charge on any atom is 0.400 e. The first kappa shape index (κ1) is 20.6. The van der Waals surface area contributed by atoms with E-state index in [1.54, 1.807) is 0 Å². The van der Waals surface area contributed by atoms with Crippen LogP contribution in [0.15, 0.2) is 0 Å². The van der Waals surface area contributed by atoms with Gasteiger partial charge in [-0.2, -0.15) is 25.3 Å². The molecular formula is C6H14O12S3. The van der Waals surface area contributed by atoms with Crippen LogP contribution < -0.4 is 0 Å². The third-order valence-corrected chi connectivity index (χ3v) is 3.46. The lowest BCUT2D eigenvalue weighted by molar-refractivity contribution is 0.0975. The highest BCUT2D eigenvalue weighted by Crippen LogP contribution is 2.05.